The lowest BCUT2D eigenvalue weighted by atomic mass is 10.1. The van der Waals surface area contributed by atoms with Crippen molar-refractivity contribution in [3.63, 3.8) is 0 Å². The number of esters is 1. The van der Waals surface area contributed by atoms with Crippen LogP contribution < -0.4 is 20.1 Å². The molecule has 0 unspecified atom stereocenters. The lowest BCUT2D eigenvalue weighted by Crippen LogP contribution is -2.30. The molecule has 2 heterocycles. The normalized spacial score (nSPS) is 12.8. The van der Waals surface area contributed by atoms with Crippen LogP contribution in [0.15, 0.2) is 65.3 Å². The fourth-order valence-electron chi connectivity index (χ4n) is 2.91. The number of para-hydroxylation sites is 1. The largest absolute Gasteiger partial charge is 0.467 e. The molecule has 0 bridgehead atoms. The van der Waals surface area contributed by atoms with Gasteiger partial charge in [-0.25, -0.2) is 4.79 Å². The minimum Gasteiger partial charge on any atom is -0.467 e. The first-order valence-corrected chi connectivity index (χ1v) is 9.37. The van der Waals surface area contributed by atoms with Crippen LogP contribution in [0.2, 0.25) is 0 Å². The van der Waals surface area contributed by atoms with E-state index in [0.717, 1.165) is 5.76 Å². The maximum Gasteiger partial charge on any atom is 0.341 e. The van der Waals surface area contributed by atoms with Gasteiger partial charge in [0.15, 0.2) is 17.6 Å². The summed E-state index contributed by atoms with van der Waals surface area (Å²) in [7, 11) is 0. The highest BCUT2D eigenvalue weighted by molar-refractivity contribution is 5.99. The van der Waals surface area contributed by atoms with Gasteiger partial charge in [-0.3, -0.25) is 4.79 Å². The van der Waals surface area contributed by atoms with Gasteiger partial charge in [-0.05, 0) is 43.3 Å². The van der Waals surface area contributed by atoms with Crippen molar-refractivity contribution in [2.45, 2.75) is 19.6 Å². The molecule has 0 radical (unpaired) electrons. The predicted molar refractivity (Wildman–Crippen MR) is 109 cm³/mol. The third-order valence-corrected chi connectivity index (χ3v) is 4.47. The molecule has 154 valence electrons. The lowest BCUT2D eigenvalue weighted by molar-refractivity contribution is -0.123. The van der Waals surface area contributed by atoms with Crippen molar-refractivity contribution in [2.75, 3.05) is 17.4 Å². The highest BCUT2D eigenvalue weighted by Crippen LogP contribution is 2.34. The Labute approximate surface area is 172 Å². The van der Waals surface area contributed by atoms with E-state index in [1.165, 1.54) is 6.92 Å². The van der Waals surface area contributed by atoms with Gasteiger partial charge >= 0.3 is 5.97 Å². The molecule has 0 aliphatic carbocycles. The smallest absolute Gasteiger partial charge is 0.341 e. The van der Waals surface area contributed by atoms with E-state index in [4.69, 9.17) is 18.6 Å². The lowest BCUT2D eigenvalue weighted by Gasteiger charge is -2.15. The van der Waals surface area contributed by atoms with Crippen LogP contribution in [-0.2, 0) is 16.1 Å². The Kier molecular flexibility index (Phi) is 5.56. The van der Waals surface area contributed by atoms with Crippen LogP contribution in [0.4, 0.5) is 11.4 Å². The first-order valence-electron chi connectivity index (χ1n) is 9.37. The summed E-state index contributed by atoms with van der Waals surface area (Å²) in [6.07, 6.45) is 0.582. The number of carbonyl (C=O) groups excluding carboxylic acids is 2. The van der Waals surface area contributed by atoms with E-state index in [1.54, 1.807) is 54.8 Å². The second-order valence-corrected chi connectivity index (χ2v) is 6.58. The molecule has 3 aromatic rings. The van der Waals surface area contributed by atoms with Gasteiger partial charge in [-0.15, -0.1) is 0 Å². The van der Waals surface area contributed by atoms with Gasteiger partial charge in [0.1, 0.15) is 5.76 Å². The third-order valence-electron chi connectivity index (χ3n) is 4.47. The Morgan fingerprint density at radius 1 is 1.07 bits per heavy atom. The summed E-state index contributed by atoms with van der Waals surface area (Å²) in [5, 5.41) is 5.85. The van der Waals surface area contributed by atoms with Gasteiger partial charge in [-0.1, -0.05) is 12.1 Å². The van der Waals surface area contributed by atoms with Crippen LogP contribution in [0.3, 0.4) is 0 Å². The summed E-state index contributed by atoms with van der Waals surface area (Å²) in [4.78, 5) is 25.1. The van der Waals surface area contributed by atoms with Crippen molar-refractivity contribution in [1.82, 2.24) is 0 Å². The van der Waals surface area contributed by atoms with E-state index < -0.39 is 18.0 Å². The van der Waals surface area contributed by atoms with Crippen LogP contribution in [0.5, 0.6) is 11.5 Å². The summed E-state index contributed by atoms with van der Waals surface area (Å²) in [5.41, 5.74) is 1.43. The molecule has 0 spiro atoms. The van der Waals surface area contributed by atoms with Crippen LogP contribution >= 0.6 is 0 Å². The highest BCUT2D eigenvalue weighted by atomic mass is 16.7. The zero-order valence-corrected chi connectivity index (χ0v) is 16.2. The molecule has 2 aromatic carbocycles. The standard InChI is InChI=1S/C22H20N2O6/c1-14(21(25)24-15-8-9-19-20(11-15)29-13-28-19)30-22(26)17-6-2-3-7-18(17)23-12-16-5-4-10-27-16/h2-11,14,23H,12-13H2,1H3,(H,24,25)/t14-/m0/s1. The van der Waals surface area contributed by atoms with E-state index in [9.17, 15) is 9.59 Å². The Bertz CT molecular complexity index is 1050. The van der Waals surface area contributed by atoms with Crippen molar-refractivity contribution in [1.29, 1.82) is 0 Å². The SMILES string of the molecule is C[C@H](OC(=O)c1ccccc1NCc1ccco1)C(=O)Nc1ccc2c(c1)OCO2. The molecule has 1 aliphatic rings. The minimum atomic E-state index is -0.999. The highest BCUT2D eigenvalue weighted by Gasteiger charge is 2.22. The minimum absolute atomic E-state index is 0.147. The quantitative estimate of drug-likeness (QED) is 0.574. The second-order valence-electron chi connectivity index (χ2n) is 6.58. The molecule has 2 N–H and O–H groups in total. The van der Waals surface area contributed by atoms with Crippen LogP contribution in [0.1, 0.15) is 23.0 Å². The van der Waals surface area contributed by atoms with Crippen LogP contribution in [0.25, 0.3) is 0 Å². The summed E-state index contributed by atoms with van der Waals surface area (Å²) in [6, 6.07) is 15.6. The Balaban J connectivity index is 1.37. The Morgan fingerprint density at radius 2 is 1.90 bits per heavy atom. The van der Waals surface area contributed by atoms with Gasteiger partial charge in [-0.2, -0.15) is 0 Å². The van der Waals surface area contributed by atoms with E-state index in [-0.39, 0.29) is 6.79 Å². The van der Waals surface area contributed by atoms with E-state index in [0.29, 0.717) is 35.0 Å². The second kappa shape index (κ2) is 8.60. The van der Waals surface area contributed by atoms with Crippen molar-refractivity contribution in [3.05, 3.63) is 72.2 Å². The molecular formula is C22H20N2O6. The molecule has 1 atom stereocenters. The van der Waals surface area contributed by atoms with Crippen molar-refractivity contribution in [2.24, 2.45) is 0 Å². The molecule has 8 nitrogen and oxygen atoms in total. The number of rotatable bonds is 7. The molecule has 4 rings (SSSR count). The number of amides is 1. The number of hydrogen-bond donors (Lipinski definition) is 2. The number of ether oxygens (including phenoxy) is 3. The predicted octanol–water partition coefficient (Wildman–Crippen LogP) is 3.80. The van der Waals surface area contributed by atoms with Crippen LogP contribution in [-0.4, -0.2) is 24.8 Å². The van der Waals surface area contributed by atoms with Crippen molar-refractivity contribution >= 4 is 23.3 Å². The fraction of sp³-hybridized carbons (Fsp3) is 0.182. The number of anilines is 2. The summed E-state index contributed by atoms with van der Waals surface area (Å²) >= 11 is 0. The van der Waals surface area contributed by atoms with Gasteiger partial charge in [0, 0.05) is 17.4 Å². The van der Waals surface area contributed by atoms with Gasteiger partial charge in [0.25, 0.3) is 5.91 Å². The van der Waals surface area contributed by atoms with Gasteiger partial charge in [0.05, 0.1) is 18.4 Å². The molecule has 30 heavy (non-hydrogen) atoms. The zero-order valence-electron chi connectivity index (χ0n) is 16.2. The van der Waals surface area contributed by atoms with Crippen molar-refractivity contribution < 1.29 is 28.2 Å². The number of carbonyl (C=O) groups is 2. The molecule has 1 aromatic heterocycles. The van der Waals surface area contributed by atoms with Crippen molar-refractivity contribution in [3.8, 4) is 11.5 Å². The monoisotopic (exact) mass is 408 g/mol. The van der Waals surface area contributed by atoms with Gasteiger partial charge < -0.3 is 29.3 Å². The first-order chi connectivity index (χ1) is 14.6. The summed E-state index contributed by atoms with van der Waals surface area (Å²) in [5.74, 6) is 0.837. The Morgan fingerprint density at radius 3 is 2.73 bits per heavy atom. The zero-order chi connectivity index (χ0) is 20.9. The molecule has 8 heteroatoms. The van der Waals surface area contributed by atoms with E-state index in [2.05, 4.69) is 10.6 Å². The summed E-state index contributed by atoms with van der Waals surface area (Å²) < 4.78 is 21.2. The van der Waals surface area contributed by atoms with Crippen LogP contribution in [0, 0.1) is 0 Å². The average Bonchev–Trinajstić information content (AvgIpc) is 3.43. The number of nitrogens with one attached hydrogen (secondary N) is 2. The molecular weight excluding hydrogens is 388 g/mol. The van der Waals surface area contributed by atoms with E-state index in [1.807, 2.05) is 6.07 Å². The summed E-state index contributed by atoms with van der Waals surface area (Å²) in [6.45, 7) is 2.07. The number of fused-ring (bicyclic) bond motifs is 1. The first kappa shape index (κ1) is 19.4. The number of furan rings is 1. The molecule has 1 aliphatic heterocycles. The molecule has 0 saturated heterocycles. The fourth-order valence-corrected chi connectivity index (χ4v) is 2.91. The molecule has 0 saturated carbocycles. The number of benzene rings is 2. The Hall–Kier alpha value is -3.94. The number of hydrogen-bond acceptors (Lipinski definition) is 7. The average molecular weight is 408 g/mol. The molecule has 1 amide bonds. The van der Waals surface area contributed by atoms with Gasteiger partial charge in [0.2, 0.25) is 6.79 Å². The van der Waals surface area contributed by atoms with E-state index >= 15 is 0 Å². The maximum atomic E-state index is 12.6. The maximum absolute atomic E-state index is 12.6. The third kappa shape index (κ3) is 4.38. The molecule has 0 fully saturated rings. The topological polar surface area (TPSA) is 99.0 Å².